The molecule has 0 radical (unpaired) electrons. The molecule has 2 rings (SSSR count). The van der Waals surface area contributed by atoms with E-state index in [9.17, 15) is 4.39 Å². The Labute approximate surface area is 132 Å². The van der Waals surface area contributed by atoms with Gasteiger partial charge in [-0.15, -0.1) is 0 Å². The highest BCUT2D eigenvalue weighted by molar-refractivity contribution is 6.31. The Hall–Kier alpha value is -0.640. The normalized spacial score (nSPS) is 19.9. The van der Waals surface area contributed by atoms with Gasteiger partial charge in [0.05, 0.1) is 11.1 Å². The van der Waals surface area contributed by atoms with Crippen LogP contribution in [-0.4, -0.2) is 19.3 Å². The van der Waals surface area contributed by atoms with Gasteiger partial charge in [-0.3, -0.25) is 0 Å². The van der Waals surface area contributed by atoms with Crippen LogP contribution >= 0.6 is 11.6 Å². The molecule has 2 nitrogen and oxygen atoms in total. The van der Waals surface area contributed by atoms with Crippen molar-refractivity contribution >= 4 is 11.6 Å². The highest BCUT2D eigenvalue weighted by Crippen LogP contribution is 2.29. The van der Waals surface area contributed by atoms with Gasteiger partial charge in [-0.05, 0) is 56.7 Å². The van der Waals surface area contributed by atoms with E-state index in [1.54, 1.807) is 6.07 Å². The van der Waals surface area contributed by atoms with Gasteiger partial charge >= 0.3 is 0 Å². The molecule has 1 fully saturated rings. The highest BCUT2D eigenvalue weighted by atomic mass is 35.5. The molecule has 0 bridgehead atoms. The number of hydrogen-bond acceptors (Lipinski definition) is 2. The summed E-state index contributed by atoms with van der Waals surface area (Å²) in [6.45, 7) is 3.94. The second kappa shape index (κ2) is 8.72. The van der Waals surface area contributed by atoms with E-state index in [1.807, 2.05) is 6.07 Å². The molecule has 21 heavy (non-hydrogen) atoms. The third-order valence-corrected chi connectivity index (χ3v) is 4.44. The van der Waals surface area contributed by atoms with E-state index < -0.39 is 0 Å². The number of hydrogen-bond donors (Lipinski definition) is 1. The number of halogens is 2. The van der Waals surface area contributed by atoms with Crippen LogP contribution in [0.15, 0.2) is 18.2 Å². The van der Waals surface area contributed by atoms with Crippen LogP contribution in [0, 0.1) is 5.82 Å². The maximum absolute atomic E-state index is 13.6. The van der Waals surface area contributed by atoms with E-state index in [-0.39, 0.29) is 16.9 Å². The molecule has 0 amide bonds. The summed E-state index contributed by atoms with van der Waals surface area (Å²) in [5.74, 6) is -0.336. The van der Waals surface area contributed by atoms with E-state index >= 15 is 0 Å². The Balaban J connectivity index is 1.94. The summed E-state index contributed by atoms with van der Waals surface area (Å²) in [5, 5.41) is 3.74. The third kappa shape index (κ3) is 4.94. The molecule has 1 aromatic rings. The standard InChI is InChI=1S/C17H25ClFNO/c1-2-11-20-16(10-3-6-13-7-5-12-21-13)14-8-4-9-15(19)17(14)18/h4,8-9,13,16,20H,2-3,5-7,10-12H2,1H3. The summed E-state index contributed by atoms with van der Waals surface area (Å²) >= 11 is 6.13. The fourth-order valence-electron chi connectivity index (χ4n) is 2.90. The zero-order valence-electron chi connectivity index (χ0n) is 12.7. The minimum absolute atomic E-state index is 0.120. The lowest BCUT2D eigenvalue weighted by molar-refractivity contribution is 0.101. The van der Waals surface area contributed by atoms with E-state index in [0.717, 1.165) is 44.4 Å². The summed E-state index contributed by atoms with van der Waals surface area (Å²) < 4.78 is 19.3. The van der Waals surface area contributed by atoms with Crippen LogP contribution in [0.5, 0.6) is 0 Å². The molecule has 0 saturated carbocycles. The van der Waals surface area contributed by atoms with Gasteiger partial charge in [0.25, 0.3) is 0 Å². The van der Waals surface area contributed by atoms with Crippen molar-refractivity contribution in [3.63, 3.8) is 0 Å². The predicted molar refractivity (Wildman–Crippen MR) is 85.3 cm³/mol. The number of ether oxygens (including phenoxy) is 1. The fraction of sp³-hybridized carbons (Fsp3) is 0.647. The minimum Gasteiger partial charge on any atom is -0.378 e. The molecule has 0 aromatic heterocycles. The van der Waals surface area contributed by atoms with E-state index in [2.05, 4.69) is 12.2 Å². The molecule has 2 unspecified atom stereocenters. The molecule has 2 atom stereocenters. The maximum atomic E-state index is 13.6. The second-order valence-electron chi connectivity index (χ2n) is 5.72. The monoisotopic (exact) mass is 313 g/mol. The van der Waals surface area contributed by atoms with Crippen molar-refractivity contribution in [3.05, 3.63) is 34.6 Å². The van der Waals surface area contributed by atoms with Crippen LogP contribution in [0.2, 0.25) is 5.02 Å². The van der Waals surface area contributed by atoms with Gasteiger partial charge in [0.2, 0.25) is 0 Å². The molecule has 4 heteroatoms. The molecule has 1 N–H and O–H groups in total. The van der Waals surface area contributed by atoms with E-state index in [0.29, 0.717) is 6.10 Å². The molecule has 1 heterocycles. The second-order valence-corrected chi connectivity index (χ2v) is 6.09. The van der Waals surface area contributed by atoms with Crippen LogP contribution in [0.1, 0.15) is 57.1 Å². The molecule has 1 saturated heterocycles. The number of benzene rings is 1. The SMILES string of the molecule is CCCNC(CCCC1CCCO1)c1cccc(F)c1Cl. The summed E-state index contributed by atoms with van der Waals surface area (Å²) in [5.41, 5.74) is 0.873. The molecule has 0 aliphatic carbocycles. The Morgan fingerprint density at radius 2 is 2.33 bits per heavy atom. The number of rotatable bonds is 8. The van der Waals surface area contributed by atoms with Crippen molar-refractivity contribution in [3.8, 4) is 0 Å². The van der Waals surface area contributed by atoms with Crippen molar-refractivity contribution in [1.82, 2.24) is 5.32 Å². The first-order valence-electron chi connectivity index (χ1n) is 8.01. The van der Waals surface area contributed by atoms with Crippen LogP contribution in [0.3, 0.4) is 0 Å². The first-order chi connectivity index (χ1) is 10.2. The Morgan fingerprint density at radius 3 is 3.05 bits per heavy atom. The van der Waals surface area contributed by atoms with E-state index in [1.165, 1.54) is 18.9 Å². The Bertz CT molecular complexity index is 435. The van der Waals surface area contributed by atoms with Crippen LogP contribution in [-0.2, 0) is 4.74 Å². The van der Waals surface area contributed by atoms with Gasteiger partial charge in [0.1, 0.15) is 5.82 Å². The highest BCUT2D eigenvalue weighted by Gasteiger charge is 2.19. The average Bonchev–Trinajstić information content (AvgIpc) is 2.99. The molecule has 1 aromatic carbocycles. The molecular formula is C17H25ClFNO. The van der Waals surface area contributed by atoms with Crippen molar-refractivity contribution in [2.24, 2.45) is 0 Å². The lowest BCUT2D eigenvalue weighted by Crippen LogP contribution is -2.23. The molecular weight excluding hydrogens is 289 g/mol. The summed E-state index contributed by atoms with van der Waals surface area (Å²) in [6, 6.07) is 5.19. The Kier molecular flexibility index (Phi) is 6.94. The zero-order chi connectivity index (χ0) is 15.1. The first-order valence-corrected chi connectivity index (χ1v) is 8.39. The topological polar surface area (TPSA) is 21.3 Å². The summed E-state index contributed by atoms with van der Waals surface area (Å²) in [4.78, 5) is 0. The van der Waals surface area contributed by atoms with Crippen LogP contribution in [0.25, 0.3) is 0 Å². The predicted octanol–water partition coefficient (Wildman–Crippen LogP) is 4.87. The summed E-state index contributed by atoms with van der Waals surface area (Å²) in [7, 11) is 0. The quantitative estimate of drug-likeness (QED) is 0.739. The summed E-state index contributed by atoms with van der Waals surface area (Å²) in [6.07, 6.45) is 6.93. The number of nitrogens with one attached hydrogen (secondary N) is 1. The van der Waals surface area contributed by atoms with Crippen molar-refractivity contribution in [2.45, 2.75) is 57.6 Å². The van der Waals surface area contributed by atoms with Crippen LogP contribution < -0.4 is 5.32 Å². The van der Waals surface area contributed by atoms with E-state index in [4.69, 9.17) is 16.3 Å². The fourth-order valence-corrected chi connectivity index (χ4v) is 3.16. The lowest BCUT2D eigenvalue weighted by atomic mass is 9.98. The first kappa shape index (κ1) is 16.7. The molecule has 0 spiro atoms. The van der Waals surface area contributed by atoms with Gasteiger partial charge in [-0.25, -0.2) is 4.39 Å². The van der Waals surface area contributed by atoms with Gasteiger partial charge in [0.15, 0.2) is 0 Å². The average molecular weight is 314 g/mol. The van der Waals surface area contributed by atoms with Crippen molar-refractivity contribution in [1.29, 1.82) is 0 Å². The molecule has 1 aliphatic rings. The van der Waals surface area contributed by atoms with Gasteiger partial charge in [0, 0.05) is 12.6 Å². The molecule has 1 aliphatic heterocycles. The Morgan fingerprint density at radius 1 is 1.48 bits per heavy atom. The van der Waals surface area contributed by atoms with Crippen molar-refractivity contribution in [2.75, 3.05) is 13.2 Å². The lowest BCUT2D eigenvalue weighted by Gasteiger charge is -2.21. The smallest absolute Gasteiger partial charge is 0.142 e. The van der Waals surface area contributed by atoms with Crippen LogP contribution in [0.4, 0.5) is 4.39 Å². The van der Waals surface area contributed by atoms with Crippen molar-refractivity contribution < 1.29 is 9.13 Å². The minimum atomic E-state index is -0.336. The zero-order valence-corrected chi connectivity index (χ0v) is 13.5. The van der Waals surface area contributed by atoms with Gasteiger partial charge in [-0.2, -0.15) is 0 Å². The maximum Gasteiger partial charge on any atom is 0.142 e. The van der Waals surface area contributed by atoms with Gasteiger partial charge in [-0.1, -0.05) is 30.7 Å². The largest absolute Gasteiger partial charge is 0.378 e. The van der Waals surface area contributed by atoms with Gasteiger partial charge < -0.3 is 10.1 Å². The molecule has 118 valence electrons. The third-order valence-electron chi connectivity index (χ3n) is 4.04.